The first-order chi connectivity index (χ1) is 10.7. The number of urea groups is 1. The molecule has 2 N–H and O–H groups in total. The zero-order valence-corrected chi connectivity index (χ0v) is 13.1. The van der Waals surface area contributed by atoms with E-state index in [-0.39, 0.29) is 6.03 Å². The number of pyridine rings is 1. The Kier molecular flexibility index (Phi) is 6.03. The van der Waals surface area contributed by atoms with Crippen molar-refractivity contribution in [2.75, 3.05) is 6.61 Å². The van der Waals surface area contributed by atoms with Crippen LogP contribution in [0, 0.1) is 0 Å². The van der Waals surface area contributed by atoms with Crippen LogP contribution in [0.25, 0.3) is 0 Å². The van der Waals surface area contributed by atoms with Gasteiger partial charge in [-0.15, -0.1) is 0 Å². The van der Waals surface area contributed by atoms with Crippen LogP contribution in [0.15, 0.2) is 42.6 Å². The van der Waals surface area contributed by atoms with Crippen molar-refractivity contribution in [1.82, 2.24) is 15.6 Å². The summed E-state index contributed by atoms with van der Waals surface area (Å²) in [5.41, 5.74) is 1.78. The highest BCUT2D eigenvalue weighted by atomic mass is 35.5. The van der Waals surface area contributed by atoms with Gasteiger partial charge in [-0.1, -0.05) is 29.8 Å². The average Bonchev–Trinajstić information content (AvgIpc) is 2.52. The topological polar surface area (TPSA) is 63.2 Å². The van der Waals surface area contributed by atoms with Crippen molar-refractivity contribution in [1.29, 1.82) is 0 Å². The van der Waals surface area contributed by atoms with Crippen molar-refractivity contribution in [2.24, 2.45) is 0 Å². The van der Waals surface area contributed by atoms with Gasteiger partial charge in [0, 0.05) is 29.9 Å². The summed E-state index contributed by atoms with van der Waals surface area (Å²) < 4.78 is 5.41. The molecule has 0 aliphatic heterocycles. The van der Waals surface area contributed by atoms with Gasteiger partial charge in [0.05, 0.1) is 6.61 Å². The number of carbonyl (C=O) groups is 1. The molecule has 0 aliphatic rings. The van der Waals surface area contributed by atoms with E-state index in [1.165, 1.54) is 0 Å². The maximum Gasteiger partial charge on any atom is 0.315 e. The molecule has 0 fully saturated rings. The second-order valence-corrected chi connectivity index (χ2v) is 5.00. The Labute approximate surface area is 134 Å². The molecule has 0 spiro atoms. The van der Waals surface area contributed by atoms with Crippen LogP contribution in [0.3, 0.4) is 0 Å². The lowest BCUT2D eigenvalue weighted by Gasteiger charge is -2.10. The van der Waals surface area contributed by atoms with Crippen molar-refractivity contribution >= 4 is 17.6 Å². The zero-order valence-electron chi connectivity index (χ0n) is 12.3. The van der Waals surface area contributed by atoms with Crippen LogP contribution in [-0.2, 0) is 13.1 Å². The third-order valence-electron chi connectivity index (χ3n) is 2.91. The first-order valence-corrected chi connectivity index (χ1v) is 7.39. The van der Waals surface area contributed by atoms with Crippen LogP contribution in [0.4, 0.5) is 4.79 Å². The van der Waals surface area contributed by atoms with Gasteiger partial charge in [-0.2, -0.15) is 0 Å². The van der Waals surface area contributed by atoms with E-state index in [1.807, 2.05) is 37.3 Å². The number of ether oxygens (including phenoxy) is 1. The van der Waals surface area contributed by atoms with Crippen molar-refractivity contribution in [3.63, 3.8) is 0 Å². The first-order valence-electron chi connectivity index (χ1n) is 7.02. The van der Waals surface area contributed by atoms with E-state index in [0.717, 1.165) is 11.1 Å². The Morgan fingerprint density at radius 2 is 2.05 bits per heavy atom. The molecule has 1 aromatic heterocycles. The normalized spacial score (nSPS) is 10.1. The second kappa shape index (κ2) is 8.24. The smallest absolute Gasteiger partial charge is 0.315 e. The molecule has 0 radical (unpaired) electrons. The molecular formula is C16H18ClN3O2. The molecule has 0 saturated carbocycles. The summed E-state index contributed by atoms with van der Waals surface area (Å²) in [5, 5.41) is 6.21. The minimum atomic E-state index is -0.258. The maximum atomic E-state index is 11.8. The Hall–Kier alpha value is -2.27. The second-order valence-electron chi connectivity index (χ2n) is 4.57. The first kappa shape index (κ1) is 16.1. The van der Waals surface area contributed by atoms with Crippen LogP contribution in [-0.4, -0.2) is 17.6 Å². The van der Waals surface area contributed by atoms with Crippen molar-refractivity contribution in [3.8, 4) is 5.88 Å². The number of nitrogens with one attached hydrogen (secondary N) is 2. The lowest BCUT2D eigenvalue weighted by atomic mass is 10.2. The van der Waals surface area contributed by atoms with Crippen molar-refractivity contribution in [2.45, 2.75) is 20.0 Å². The van der Waals surface area contributed by atoms with E-state index in [0.29, 0.717) is 30.6 Å². The van der Waals surface area contributed by atoms with Gasteiger partial charge < -0.3 is 15.4 Å². The molecule has 2 rings (SSSR count). The Bertz CT molecular complexity index is 634. The van der Waals surface area contributed by atoms with Gasteiger partial charge in [-0.05, 0) is 30.7 Å². The van der Waals surface area contributed by atoms with Crippen molar-refractivity contribution in [3.05, 3.63) is 58.7 Å². The van der Waals surface area contributed by atoms with E-state index in [1.54, 1.807) is 12.3 Å². The van der Waals surface area contributed by atoms with E-state index in [4.69, 9.17) is 16.3 Å². The zero-order chi connectivity index (χ0) is 15.8. The van der Waals surface area contributed by atoms with Gasteiger partial charge >= 0.3 is 6.03 Å². The van der Waals surface area contributed by atoms with E-state index >= 15 is 0 Å². The number of hydrogen-bond acceptors (Lipinski definition) is 3. The number of benzene rings is 1. The monoisotopic (exact) mass is 319 g/mol. The number of amides is 2. The Balaban J connectivity index is 1.83. The quantitative estimate of drug-likeness (QED) is 0.859. The highest BCUT2D eigenvalue weighted by molar-refractivity contribution is 6.30. The minimum Gasteiger partial charge on any atom is -0.478 e. The Morgan fingerprint density at radius 1 is 1.23 bits per heavy atom. The van der Waals surface area contributed by atoms with Gasteiger partial charge in [0.1, 0.15) is 0 Å². The molecule has 116 valence electrons. The van der Waals surface area contributed by atoms with Gasteiger partial charge in [-0.25, -0.2) is 9.78 Å². The molecule has 2 amide bonds. The summed E-state index contributed by atoms with van der Waals surface area (Å²) in [6.45, 7) is 3.19. The SMILES string of the molecule is CCOc1ncccc1CNC(=O)NCc1cccc(Cl)c1. The van der Waals surface area contributed by atoms with E-state index < -0.39 is 0 Å². The summed E-state index contributed by atoms with van der Waals surface area (Å²) in [4.78, 5) is 16.0. The molecule has 2 aromatic rings. The Morgan fingerprint density at radius 3 is 2.82 bits per heavy atom. The fourth-order valence-corrected chi connectivity index (χ4v) is 2.11. The molecule has 5 nitrogen and oxygen atoms in total. The predicted molar refractivity (Wildman–Crippen MR) is 85.9 cm³/mol. The average molecular weight is 320 g/mol. The largest absolute Gasteiger partial charge is 0.478 e. The standard InChI is InChI=1S/C16H18ClN3O2/c1-2-22-15-13(6-4-8-18-15)11-20-16(21)19-10-12-5-3-7-14(17)9-12/h3-9H,2,10-11H2,1H3,(H2,19,20,21). The number of carbonyl (C=O) groups excluding carboxylic acids is 1. The summed E-state index contributed by atoms with van der Waals surface area (Å²) in [6.07, 6.45) is 1.66. The highest BCUT2D eigenvalue weighted by Gasteiger charge is 2.06. The fraction of sp³-hybridized carbons (Fsp3) is 0.250. The predicted octanol–water partition coefficient (Wildman–Crippen LogP) is 3.13. The number of aromatic nitrogens is 1. The molecule has 1 aromatic carbocycles. The molecule has 0 atom stereocenters. The van der Waals surface area contributed by atoms with E-state index in [9.17, 15) is 4.79 Å². The van der Waals surface area contributed by atoms with Crippen LogP contribution in [0.1, 0.15) is 18.1 Å². The molecule has 0 unspecified atom stereocenters. The molecular weight excluding hydrogens is 302 g/mol. The molecule has 1 heterocycles. The molecule has 6 heteroatoms. The summed E-state index contributed by atoms with van der Waals surface area (Å²) in [7, 11) is 0. The highest BCUT2D eigenvalue weighted by Crippen LogP contribution is 2.13. The van der Waals surface area contributed by atoms with Gasteiger partial charge in [0.2, 0.25) is 5.88 Å². The van der Waals surface area contributed by atoms with Gasteiger partial charge in [0.25, 0.3) is 0 Å². The molecule has 0 saturated heterocycles. The number of rotatable bonds is 6. The van der Waals surface area contributed by atoms with Crippen LogP contribution in [0.2, 0.25) is 5.02 Å². The number of hydrogen-bond donors (Lipinski definition) is 2. The maximum absolute atomic E-state index is 11.8. The summed E-state index contributed by atoms with van der Waals surface area (Å²) in [6, 6.07) is 10.8. The minimum absolute atomic E-state index is 0.258. The third kappa shape index (κ3) is 4.93. The van der Waals surface area contributed by atoms with Crippen molar-refractivity contribution < 1.29 is 9.53 Å². The molecule has 22 heavy (non-hydrogen) atoms. The fourth-order valence-electron chi connectivity index (χ4n) is 1.89. The van der Waals surface area contributed by atoms with Gasteiger partial charge in [-0.3, -0.25) is 0 Å². The van der Waals surface area contributed by atoms with Crippen LogP contribution < -0.4 is 15.4 Å². The molecule has 0 aliphatic carbocycles. The van der Waals surface area contributed by atoms with E-state index in [2.05, 4.69) is 15.6 Å². The van der Waals surface area contributed by atoms with Crippen LogP contribution >= 0.6 is 11.6 Å². The van der Waals surface area contributed by atoms with Crippen LogP contribution in [0.5, 0.6) is 5.88 Å². The number of nitrogens with zero attached hydrogens (tertiary/aromatic N) is 1. The molecule has 0 bridgehead atoms. The summed E-state index contributed by atoms with van der Waals surface area (Å²) in [5.74, 6) is 0.542. The summed E-state index contributed by atoms with van der Waals surface area (Å²) >= 11 is 5.90. The number of halogens is 1. The lowest BCUT2D eigenvalue weighted by Crippen LogP contribution is -2.34. The third-order valence-corrected chi connectivity index (χ3v) is 3.15. The lowest BCUT2D eigenvalue weighted by molar-refractivity contribution is 0.240. The van der Waals surface area contributed by atoms with Gasteiger partial charge in [0.15, 0.2) is 0 Å².